The highest BCUT2D eigenvalue weighted by Gasteiger charge is 1.87. The van der Waals surface area contributed by atoms with Crippen molar-refractivity contribution in [3.05, 3.63) is 0 Å². The molecule has 1 heterocycles. The Labute approximate surface area is 56.0 Å². The van der Waals surface area contributed by atoms with E-state index in [-0.39, 0.29) is 0 Å². The summed E-state index contributed by atoms with van der Waals surface area (Å²) in [6.45, 7) is 3.87. The normalized spacial score (nSPS) is 20.4. The Morgan fingerprint density at radius 3 is 2.00 bits per heavy atom. The summed E-state index contributed by atoms with van der Waals surface area (Å²) in [5, 5.41) is 6.43. The van der Waals surface area contributed by atoms with Crippen molar-refractivity contribution in [1.82, 2.24) is 10.6 Å². The Morgan fingerprint density at radius 2 is 1.44 bits per heavy atom. The van der Waals surface area contributed by atoms with Crippen LogP contribution < -0.4 is 10.6 Å². The highest BCUT2D eigenvalue weighted by Crippen LogP contribution is 1.73. The van der Waals surface area contributed by atoms with Crippen LogP contribution in [-0.4, -0.2) is 26.2 Å². The van der Waals surface area contributed by atoms with Crippen LogP contribution in [0.5, 0.6) is 0 Å². The second-order valence-electron chi connectivity index (χ2n) is 2.06. The van der Waals surface area contributed by atoms with E-state index >= 15 is 0 Å². The molecule has 2 heteroatoms. The van der Waals surface area contributed by atoms with Crippen molar-refractivity contribution in [2.45, 2.75) is 6.42 Å². The molecule has 0 atom stereocenters. The zero-order chi connectivity index (χ0) is 6.36. The zero-order valence-corrected chi connectivity index (χ0v) is 5.54. The van der Waals surface area contributed by atoms with Crippen LogP contribution in [0, 0.1) is 11.8 Å². The Hall–Kier alpha value is -0.520. The van der Waals surface area contributed by atoms with E-state index in [9.17, 15) is 0 Å². The average Bonchev–Trinajstić information content (AvgIpc) is 2.00. The molecular formula is C7H12N2. The standard InChI is InChI=1S/C7H12N2/c1-2-5-9-7-3-6-8-4-1/h8-9H,3-7H2. The summed E-state index contributed by atoms with van der Waals surface area (Å²) in [7, 11) is 0. The second-order valence-corrected chi connectivity index (χ2v) is 2.06. The van der Waals surface area contributed by atoms with Gasteiger partial charge in [-0.1, -0.05) is 11.8 Å². The molecule has 1 aliphatic rings. The van der Waals surface area contributed by atoms with E-state index in [0.29, 0.717) is 0 Å². The van der Waals surface area contributed by atoms with Gasteiger partial charge in [-0.25, -0.2) is 0 Å². The van der Waals surface area contributed by atoms with Gasteiger partial charge in [0.25, 0.3) is 0 Å². The molecule has 0 spiro atoms. The van der Waals surface area contributed by atoms with Crippen molar-refractivity contribution in [2.24, 2.45) is 0 Å². The van der Waals surface area contributed by atoms with Crippen LogP contribution in [0.3, 0.4) is 0 Å². The fourth-order valence-electron chi connectivity index (χ4n) is 0.765. The van der Waals surface area contributed by atoms with Crippen LogP contribution in [0.4, 0.5) is 0 Å². The maximum atomic E-state index is 3.21. The van der Waals surface area contributed by atoms with Crippen molar-refractivity contribution in [1.29, 1.82) is 0 Å². The number of rotatable bonds is 0. The molecule has 1 aliphatic heterocycles. The Bertz CT molecular complexity index is 109. The lowest BCUT2D eigenvalue weighted by Crippen LogP contribution is -2.20. The topological polar surface area (TPSA) is 24.1 Å². The molecule has 0 amide bonds. The first kappa shape index (κ1) is 6.60. The molecule has 9 heavy (non-hydrogen) atoms. The number of nitrogens with one attached hydrogen (secondary N) is 2. The van der Waals surface area contributed by atoms with Crippen molar-refractivity contribution in [3.63, 3.8) is 0 Å². The molecule has 0 saturated heterocycles. The first-order chi connectivity index (χ1) is 4.50. The summed E-state index contributed by atoms with van der Waals surface area (Å²) >= 11 is 0. The maximum Gasteiger partial charge on any atom is 0.0577 e. The molecule has 0 fully saturated rings. The van der Waals surface area contributed by atoms with Crippen LogP contribution in [0.25, 0.3) is 0 Å². The van der Waals surface area contributed by atoms with Gasteiger partial charge in [0.2, 0.25) is 0 Å². The largest absolute Gasteiger partial charge is 0.306 e. The van der Waals surface area contributed by atoms with E-state index in [1.165, 1.54) is 6.42 Å². The van der Waals surface area contributed by atoms with Crippen molar-refractivity contribution >= 4 is 0 Å². The monoisotopic (exact) mass is 124 g/mol. The zero-order valence-electron chi connectivity index (χ0n) is 5.54. The molecular weight excluding hydrogens is 112 g/mol. The van der Waals surface area contributed by atoms with Crippen molar-refractivity contribution in [2.75, 3.05) is 26.2 Å². The first-order valence-electron chi connectivity index (χ1n) is 3.37. The van der Waals surface area contributed by atoms with Gasteiger partial charge in [0.1, 0.15) is 0 Å². The van der Waals surface area contributed by atoms with Gasteiger partial charge in [-0.15, -0.1) is 0 Å². The SMILES string of the molecule is C1#CCNCCCNC1. The molecule has 2 N–H and O–H groups in total. The Morgan fingerprint density at radius 1 is 0.889 bits per heavy atom. The number of hydrogen-bond acceptors (Lipinski definition) is 2. The second kappa shape index (κ2) is 4.37. The van der Waals surface area contributed by atoms with Gasteiger partial charge in [0.15, 0.2) is 0 Å². The molecule has 0 radical (unpaired) electrons. The van der Waals surface area contributed by atoms with Crippen LogP contribution in [0.1, 0.15) is 6.42 Å². The predicted molar refractivity (Wildman–Crippen MR) is 38.1 cm³/mol. The minimum Gasteiger partial charge on any atom is -0.306 e. The lowest BCUT2D eigenvalue weighted by Gasteiger charge is -1.98. The third-order valence-electron chi connectivity index (χ3n) is 1.26. The van der Waals surface area contributed by atoms with Gasteiger partial charge < -0.3 is 10.6 Å². The predicted octanol–water partition coefficient (Wildman–Crippen LogP) is -0.427. The molecule has 0 saturated carbocycles. The number of hydrogen-bond donors (Lipinski definition) is 2. The quantitative estimate of drug-likeness (QED) is 0.428. The van der Waals surface area contributed by atoms with E-state index in [2.05, 4.69) is 22.5 Å². The van der Waals surface area contributed by atoms with Gasteiger partial charge >= 0.3 is 0 Å². The Balaban J connectivity index is 2.19. The fourth-order valence-corrected chi connectivity index (χ4v) is 0.765. The fraction of sp³-hybridized carbons (Fsp3) is 0.714. The minimum atomic E-state index is 0.849. The summed E-state index contributed by atoms with van der Waals surface area (Å²) in [4.78, 5) is 0. The molecule has 2 nitrogen and oxygen atoms in total. The molecule has 0 aliphatic carbocycles. The van der Waals surface area contributed by atoms with Crippen LogP contribution in [-0.2, 0) is 0 Å². The smallest absolute Gasteiger partial charge is 0.0577 e. The van der Waals surface area contributed by atoms with E-state index in [1.807, 2.05) is 0 Å². The van der Waals surface area contributed by atoms with E-state index in [1.54, 1.807) is 0 Å². The maximum absolute atomic E-state index is 3.21. The van der Waals surface area contributed by atoms with Crippen LogP contribution >= 0.6 is 0 Å². The molecule has 0 aromatic carbocycles. The van der Waals surface area contributed by atoms with Gasteiger partial charge in [-0.2, -0.15) is 0 Å². The van der Waals surface area contributed by atoms with Gasteiger partial charge in [-0.3, -0.25) is 0 Å². The van der Waals surface area contributed by atoms with Crippen LogP contribution in [0.2, 0.25) is 0 Å². The molecule has 0 aromatic rings. The molecule has 1 rings (SSSR count). The molecule has 0 unspecified atom stereocenters. The minimum absolute atomic E-state index is 0.849. The third kappa shape index (κ3) is 3.12. The lowest BCUT2D eigenvalue weighted by atomic mass is 10.4. The summed E-state index contributed by atoms with van der Waals surface area (Å²) in [6.07, 6.45) is 1.20. The van der Waals surface area contributed by atoms with Crippen molar-refractivity contribution < 1.29 is 0 Å². The summed E-state index contributed by atoms with van der Waals surface area (Å²) < 4.78 is 0. The third-order valence-corrected chi connectivity index (χ3v) is 1.26. The molecule has 0 bridgehead atoms. The van der Waals surface area contributed by atoms with Gasteiger partial charge in [0, 0.05) is 0 Å². The Kier molecular flexibility index (Phi) is 3.20. The summed E-state index contributed by atoms with van der Waals surface area (Å²) in [5.74, 6) is 6.01. The van der Waals surface area contributed by atoms with E-state index < -0.39 is 0 Å². The first-order valence-corrected chi connectivity index (χ1v) is 3.37. The van der Waals surface area contributed by atoms with Crippen LogP contribution in [0.15, 0.2) is 0 Å². The van der Waals surface area contributed by atoms with E-state index in [4.69, 9.17) is 0 Å². The highest BCUT2D eigenvalue weighted by molar-refractivity contribution is 5.02. The molecule has 50 valence electrons. The average molecular weight is 124 g/mol. The summed E-state index contributed by atoms with van der Waals surface area (Å²) in [5.41, 5.74) is 0. The highest BCUT2D eigenvalue weighted by atomic mass is 14.9. The van der Waals surface area contributed by atoms with E-state index in [0.717, 1.165) is 26.2 Å². The van der Waals surface area contributed by atoms with Crippen molar-refractivity contribution in [3.8, 4) is 11.8 Å². The lowest BCUT2D eigenvalue weighted by molar-refractivity contribution is 0.652. The van der Waals surface area contributed by atoms with Gasteiger partial charge in [-0.05, 0) is 19.5 Å². The van der Waals surface area contributed by atoms with Gasteiger partial charge in [0.05, 0.1) is 13.1 Å². The summed E-state index contributed by atoms with van der Waals surface area (Å²) in [6, 6.07) is 0. The molecule has 0 aromatic heterocycles.